The van der Waals surface area contributed by atoms with E-state index in [9.17, 15) is 0 Å². The van der Waals surface area contributed by atoms with Crippen LogP contribution in [0.3, 0.4) is 0 Å². The molecular weight excluding hydrogens is 282 g/mol. The number of rotatable bonds is 6. The smallest absolute Gasteiger partial charge is 0.145 e. The number of thiophene rings is 1. The van der Waals surface area contributed by atoms with E-state index in [1.165, 1.54) is 9.75 Å². The Hall–Kier alpha value is -1.66. The van der Waals surface area contributed by atoms with Crippen molar-refractivity contribution < 1.29 is 0 Å². The van der Waals surface area contributed by atoms with Gasteiger partial charge >= 0.3 is 0 Å². The van der Waals surface area contributed by atoms with Gasteiger partial charge in [0, 0.05) is 34.2 Å². The molecule has 0 aliphatic rings. The van der Waals surface area contributed by atoms with E-state index in [4.69, 9.17) is 5.84 Å². The Balaban J connectivity index is 2.09. The molecule has 0 aliphatic heterocycles. The Morgan fingerprint density at radius 3 is 2.48 bits per heavy atom. The number of aromatic nitrogens is 2. The number of hydrogen-bond acceptors (Lipinski definition) is 6. The van der Waals surface area contributed by atoms with Gasteiger partial charge in [-0.2, -0.15) is 0 Å². The third kappa shape index (κ3) is 4.41. The molecule has 0 amide bonds. The van der Waals surface area contributed by atoms with E-state index in [1.54, 1.807) is 0 Å². The fraction of sp³-hybridized carbons (Fsp3) is 0.467. The molecule has 0 aliphatic carbocycles. The maximum absolute atomic E-state index is 5.48. The highest BCUT2D eigenvalue weighted by Gasteiger charge is 2.10. The SMILES string of the molecule is Cc1ccc(CC(C)Nc2cc(NN)nc(C(C)C)n2)s1. The van der Waals surface area contributed by atoms with E-state index < -0.39 is 0 Å². The molecule has 0 bridgehead atoms. The Morgan fingerprint density at radius 1 is 1.19 bits per heavy atom. The van der Waals surface area contributed by atoms with Gasteiger partial charge in [0.2, 0.25) is 0 Å². The third-order valence-electron chi connectivity index (χ3n) is 3.11. The van der Waals surface area contributed by atoms with Gasteiger partial charge in [0.15, 0.2) is 0 Å². The van der Waals surface area contributed by atoms with Gasteiger partial charge in [-0.15, -0.1) is 11.3 Å². The van der Waals surface area contributed by atoms with Crippen LogP contribution in [-0.4, -0.2) is 16.0 Å². The molecule has 2 aromatic heterocycles. The lowest BCUT2D eigenvalue weighted by Gasteiger charge is -2.16. The molecule has 114 valence electrons. The average molecular weight is 305 g/mol. The first-order valence-corrected chi connectivity index (χ1v) is 7.97. The van der Waals surface area contributed by atoms with Crippen molar-refractivity contribution in [3.05, 3.63) is 33.8 Å². The van der Waals surface area contributed by atoms with E-state index >= 15 is 0 Å². The lowest BCUT2D eigenvalue weighted by Crippen LogP contribution is -2.20. The van der Waals surface area contributed by atoms with E-state index in [1.807, 2.05) is 17.4 Å². The summed E-state index contributed by atoms with van der Waals surface area (Å²) >= 11 is 1.84. The first-order valence-electron chi connectivity index (χ1n) is 7.15. The van der Waals surface area contributed by atoms with Crippen molar-refractivity contribution in [2.45, 2.75) is 46.1 Å². The maximum atomic E-state index is 5.48. The lowest BCUT2D eigenvalue weighted by atomic mass is 10.2. The molecule has 0 fully saturated rings. The summed E-state index contributed by atoms with van der Waals surface area (Å²) in [4.78, 5) is 11.6. The molecule has 6 heteroatoms. The Bertz CT molecular complexity index is 593. The molecule has 0 saturated heterocycles. The Morgan fingerprint density at radius 2 is 1.90 bits per heavy atom. The molecular formula is C15H23N5S. The highest BCUT2D eigenvalue weighted by atomic mass is 32.1. The van der Waals surface area contributed by atoms with Crippen molar-refractivity contribution in [3.63, 3.8) is 0 Å². The van der Waals surface area contributed by atoms with Gasteiger partial charge in [-0.3, -0.25) is 0 Å². The first-order chi connectivity index (χ1) is 9.97. The van der Waals surface area contributed by atoms with Crippen LogP contribution in [0, 0.1) is 6.92 Å². The van der Waals surface area contributed by atoms with E-state index in [0.717, 1.165) is 18.1 Å². The second kappa shape index (κ2) is 6.87. The predicted molar refractivity (Wildman–Crippen MR) is 89.8 cm³/mol. The molecule has 4 N–H and O–H groups in total. The van der Waals surface area contributed by atoms with Crippen molar-refractivity contribution in [2.75, 3.05) is 10.7 Å². The van der Waals surface area contributed by atoms with Crippen molar-refractivity contribution in [3.8, 4) is 0 Å². The zero-order valence-corrected chi connectivity index (χ0v) is 13.8. The van der Waals surface area contributed by atoms with Crippen molar-refractivity contribution in [2.24, 2.45) is 5.84 Å². The van der Waals surface area contributed by atoms with Crippen molar-refractivity contribution in [1.29, 1.82) is 0 Å². The molecule has 2 heterocycles. The van der Waals surface area contributed by atoms with Gasteiger partial charge in [-0.05, 0) is 26.0 Å². The normalized spacial score (nSPS) is 12.5. The van der Waals surface area contributed by atoms with Crippen LogP contribution in [-0.2, 0) is 6.42 Å². The molecule has 0 radical (unpaired) electrons. The number of nitrogen functional groups attached to an aromatic ring is 1. The largest absolute Gasteiger partial charge is 0.367 e. The zero-order chi connectivity index (χ0) is 15.4. The van der Waals surface area contributed by atoms with Crippen LogP contribution in [0.15, 0.2) is 18.2 Å². The van der Waals surface area contributed by atoms with Gasteiger partial charge in [-0.1, -0.05) is 13.8 Å². The number of nitrogens with zero attached hydrogens (tertiary/aromatic N) is 2. The van der Waals surface area contributed by atoms with Crippen LogP contribution in [0.1, 0.15) is 42.3 Å². The quantitative estimate of drug-likeness (QED) is 0.564. The maximum Gasteiger partial charge on any atom is 0.145 e. The fourth-order valence-electron chi connectivity index (χ4n) is 2.07. The molecule has 0 saturated carbocycles. The predicted octanol–water partition coefficient (Wildman–Crippen LogP) is 3.30. The topological polar surface area (TPSA) is 75.9 Å². The second-order valence-electron chi connectivity index (χ2n) is 5.56. The number of nitrogens with one attached hydrogen (secondary N) is 2. The summed E-state index contributed by atoms with van der Waals surface area (Å²) in [5, 5.41) is 3.43. The minimum absolute atomic E-state index is 0.258. The molecule has 2 aromatic rings. The summed E-state index contributed by atoms with van der Waals surface area (Å²) in [6, 6.07) is 6.47. The zero-order valence-electron chi connectivity index (χ0n) is 13.0. The molecule has 1 unspecified atom stereocenters. The van der Waals surface area contributed by atoms with Crippen LogP contribution < -0.4 is 16.6 Å². The van der Waals surface area contributed by atoms with Crippen LogP contribution >= 0.6 is 11.3 Å². The molecule has 0 spiro atoms. The number of hydrogen-bond donors (Lipinski definition) is 3. The molecule has 0 aromatic carbocycles. The van der Waals surface area contributed by atoms with Gasteiger partial charge in [0.05, 0.1) is 0 Å². The third-order valence-corrected chi connectivity index (χ3v) is 4.13. The van der Waals surface area contributed by atoms with Crippen LogP contribution in [0.2, 0.25) is 0 Å². The standard InChI is InChI=1S/C15H23N5S/c1-9(2)15-18-13(8-14(19-15)20-16)17-10(3)7-12-6-5-11(4)21-12/h5-6,8-10H,7,16H2,1-4H3,(H2,17,18,19,20). The summed E-state index contributed by atoms with van der Waals surface area (Å²) in [7, 11) is 0. The number of nitrogens with two attached hydrogens (primary N) is 1. The summed E-state index contributed by atoms with van der Waals surface area (Å²) in [6.07, 6.45) is 0.977. The van der Waals surface area contributed by atoms with Crippen molar-refractivity contribution >= 4 is 23.0 Å². The number of anilines is 2. The van der Waals surface area contributed by atoms with E-state index in [-0.39, 0.29) is 5.92 Å². The first kappa shape index (κ1) is 15.7. The fourth-order valence-corrected chi connectivity index (χ4v) is 3.09. The van der Waals surface area contributed by atoms with Gasteiger partial charge < -0.3 is 10.7 Å². The molecule has 2 rings (SSSR count). The van der Waals surface area contributed by atoms with Crippen molar-refractivity contribution in [1.82, 2.24) is 9.97 Å². The summed E-state index contributed by atoms with van der Waals surface area (Å²) in [5.41, 5.74) is 2.60. The van der Waals surface area contributed by atoms with Crippen LogP contribution in [0.25, 0.3) is 0 Å². The van der Waals surface area contributed by atoms with Gasteiger partial charge in [0.1, 0.15) is 17.5 Å². The van der Waals surface area contributed by atoms with Gasteiger partial charge in [-0.25, -0.2) is 15.8 Å². The molecule has 21 heavy (non-hydrogen) atoms. The minimum Gasteiger partial charge on any atom is -0.367 e. The van der Waals surface area contributed by atoms with E-state index in [2.05, 4.69) is 60.5 Å². The Labute approximate surface area is 130 Å². The summed E-state index contributed by atoms with van der Waals surface area (Å²) in [5.74, 6) is 7.96. The van der Waals surface area contributed by atoms with Gasteiger partial charge in [0.25, 0.3) is 0 Å². The second-order valence-corrected chi connectivity index (χ2v) is 6.93. The highest BCUT2D eigenvalue weighted by molar-refractivity contribution is 7.11. The molecule has 1 atom stereocenters. The highest BCUT2D eigenvalue weighted by Crippen LogP contribution is 2.20. The minimum atomic E-state index is 0.258. The lowest BCUT2D eigenvalue weighted by molar-refractivity contribution is 0.757. The number of aryl methyl sites for hydroxylation is 1. The summed E-state index contributed by atoms with van der Waals surface area (Å²) in [6.45, 7) is 8.42. The Kier molecular flexibility index (Phi) is 5.14. The summed E-state index contributed by atoms with van der Waals surface area (Å²) < 4.78 is 0. The monoisotopic (exact) mass is 305 g/mol. The van der Waals surface area contributed by atoms with Crippen LogP contribution in [0.5, 0.6) is 0 Å². The van der Waals surface area contributed by atoms with E-state index in [0.29, 0.717) is 11.9 Å². The molecule has 5 nitrogen and oxygen atoms in total. The average Bonchev–Trinajstić information content (AvgIpc) is 2.83. The number of hydrazine groups is 1. The van der Waals surface area contributed by atoms with Crippen LogP contribution in [0.4, 0.5) is 11.6 Å².